The van der Waals surface area contributed by atoms with E-state index in [1.807, 2.05) is 31.2 Å². The molecular weight excluding hydrogens is 412 g/mol. The molecule has 2 fully saturated rings. The van der Waals surface area contributed by atoms with Crippen LogP contribution in [0.4, 0.5) is 10.5 Å². The van der Waals surface area contributed by atoms with Crippen molar-refractivity contribution in [3.05, 3.63) is 36.0 Å². The summed E-state index contributed by atoms with van der Waals surface area (Å²) in [5.41, 5.74) is 0.651. The number of carbonyl (C=O) groups excluding carboxylic acids is 1. The molecule has 9 nitrogen and oxygen atoms in total. The van der Waals surface area contributed by atoms with Crippen LogP contribution in [-0.4, -0.2) is 60.7 Å². The molecule has 2 aromatic rings. The Hall–Kier alpha value is -2.65. The van der Waals surface area contributed by atoms with Crippen molar-refractivity contribution >= 4 is 11.7 Å². The number of anilines is 1. The maximum absolute atomic E-state index is 13.0. The van der Waals surface area contributed by atoms with E-state index in [1.54, 1.807) is 4.90 Å². The van der Waals surface area contributed by atoms with Gasteiger partial charge in [0, 0.05) is 32.8 Å². The number of hydrogen-bond acceptors (Lipinski definition) is 7. The number of ether oxygens (including phenoxy) is 3. The third-order valence-corrected chi connectivity index (χ3v) is 5.88. The molecular formula is C23H32N4O5. The molecule has 0 saturated carbocycles. The largest absolute Gasteiger partial charge is 0.492 e. The lowest BCUT2D eigenvalue weighted by Gasteiger charge is -2.23. The predicted octanol–water partition coefficient (Wildman–Crippen LogP) is 3.82. The number of urea groups is 1. The van der Waals surface area contributed by atoms with Crippen molar-refractivity contribution in [1.82, 2.24) is 15.0 Å². The Labute approximate surface area is 188 Å². The average molecular weight is 445 g/mol. The summed E-state index contributed by atoms with van der Waals surface area (Å²) in [5, 5.41) is 7.06. The number of nitrogens with one attached hydrogen (secondary N) is 1. The van der Waals surface area contributed by atoms with Gasteiger partial charge < -0.3 is 29.0 Å². The number of rotatable bonds is 9. The number of likely N-dealkylation sites (tertiary alicyclic amines) is 1. The van der Waals surface area contributed by atoms with Gasteiger partial charge in [0.1, 0.15) is 11.8 Å². The summed E-state index contributed by atoms with van der Waals surface area (Å²) in [7, 11) is 0. The van der Waals surface area contributed by atoms with Gasteiger partial charge in [0.2, 0.25) is 5.89 Å². The van der Waals surface area contributed by atoms with Crippen LogP contribution in [0.1, 0.15) is 50.4 Å². The summed E-state index contributed by atoms with van der Waals surface area (Å²) in [6, 6.07) is 7.01. The number of aromatic nitrogens is 2. The van der Waals surface area contributed by atoms with Gasteiger partial charge in [-0.15, -0.1) is 0 Å². The van der Waals surface area contributed by atoms with Crippen LogP contribution in [0.3, 0.4) is 0 Å². The van der Waals surface area contributed by atoms with Crippen LogP contribution in [0, 0.1) is 5.92 Å². The highest BCUT2D eigenvalue weighted by Gasteiger charge is 2.34. The summed E-state index contributed by atoms with van der Waals surface area (Å²) in [6.07, 6.45) is 4.38. The van der Waals surface area contributed by atoms with Gasteiger partial charge in [-0.1, -0.05) is 17.3 Å². The van der Waals surface area contributed by atoms with Gasteiger partial charge in [0.25, 0.3) is 0 Å². The molecule has 32 heavy (non-hydrogen) atoms. The fourth-order valence-electron chi connectivity index (χ4n) is 4.14. The Kier molecular flexibility index (Phi) is 7.95. The molecule has 2 amide bonds. The van der Waals surface area contributed by atoms with Crippen molar-refractivity contribution in [1.29, 1.82) is 0 Å². The molecule has 2 saturated heterocycles. The first-order valence-corrected chi connectivity index (χ1v) is 11.5. The van der Waals surface area contributed by atoms with E-state index in [2.05, 4.69) is 15.5 Å². The first-order chi connectivity index (χ1) is 15.7. The molecule has 9 heteroatoms. The second-order valence-electron chi connectivity index (χ2n) is 8.14. The summed E-state index contributed by atoms with van der Waals surface area (Å²) in [5.74, 6) is 2.32. The summed E-state index contributed by atoms with van der Waals surface area (Å²) >= 11 is 0. The lowest BCUT2D eigenvalue weighted by Crippen LogP contribution is -2.34. The van der Waals surface area contributed by atoms with Crippen molar-refractivity contribution in [2.75, 3.05) is 44.9 Å². The topological polar surface area (TPSA) is 99.0 Å². The molecule has 1 N–H and O–H groups in total. The van der Waals surface area contributed by atoms with Gasteiger partial charge in [0.05, 0.1) is 18.9 Å². The molecule has 1 aromatic carbocycles. The van der Waals surface area contributed by atoms with Gasteiger partial charge >= 0.3 is 6.03 Å². The lowest BCUT2D eigenvalue weighted by atomic mass is 10.0. The van der Waals surface area contributed by atoms with E-state index in [0.717, 1.165) is 45.5 Å². The molecule has 4 rings (SSSR count). The van der Waals surface area contributed by atoms with E-state index in [-0.39, 0.29) is 12.1 Å². The van der Waals surface area contributed by atoms with Gasteiger partial charge in [-0.2, -0.15) is 4.98 Å². The van der Waals surface area contributed by atoms with E-state index in [0.29, 0.717) is 55.2 Å². The highest BCUT2D eigenvalue weighted by molar-refractivity contribution is 5.91. The molecule has 1 aromatic heterocycles. The van der Waals surface area contributed by atoms with Crippen molar-refractivity contribution in [2.45, 2.75) is 45.1 Å². The average Bonchev–Trinajstić information content (AvgIpc) is 3.48. The van der Waals surface area contributed by atoms with Crippen LogP contribution in [0.15, 0.2) is 28.8 Å². The smallest absolute Gasteiger partial charge is 0.322 e. The highest BCUT2D eigenvalue weighted by atomic mass is 16.5. The molecule has 0 radical (unpaired) electrons. The second kappa shape index (κ2) is 11.3. The number of amides is 2. The predicted molar refractivity (Wildman–Crippen MR) is 118 cm³/mol. The molecule has 3 heterocycles. The van der Waals surface area contributed by atoms with E-state index in [4.69, 9.17) is 18.7 Å². The van der Waals surface area contributed by atoms with E-state index < -0.39 is 0 Å². The minimum absolute atomic E-state index is 0.195. The molecule has 2 aliphatic heterocycles. The monoisotopic (exact) mass is 444 g/mol. The molecule has 1 unspecified atom stereocenters. The summed E-state index contributed by atoms with van der Waals surface area (Å²) < 4.78 is 22.3. The quantitative estimate of drug-likeness (QED) is 0.587. The van der Waals surface area contributed by atoms with Crippen LogP contribution in [0.2, 0.25) is 0 Å². The Balaban J connectivity index is 1.29. The van der Waals surface area contributed by atoms with Crippen molar-refractivity contribution in [3.63, 3.8) is 0 Å². The normalized spacial score (nSPS) is 19.3. The highest BCUT2D eigenvalue weighted by Crippen LogP contribution is 2.32. The third-order valence-electron chi connectivity index (χ3n) is 5.88. The van der Waals surface area contributed by atoms with Crippen molar-refractivity contribution < 1.29 is 23.5 Å². The van der Waals surface area contributed by atoms with Crippen LogP contribution in [0.5, 0.6) is 5.75 Å². The fourth-order valence-corrected chi connectivity index (χ4v) is 4.14. The van der Waals surface area contributed by atoms with Crippen LogP contribution >= 0.6 is 0 Å². The number of carbonyl (C=O) groups is 1. The van der Waals surface area contributed by atoms with E-state index >= 15 is 0 Å². The zero-order valence-corrected chi connectivity index (χ0v) is 18.6. The lowest BCUT2D eigenvalue weighted by molar-refractivity contribution is 0.0211. The van der Waals surface area contributed by atoms with E-state index in [1.165, 1.54) is 0 Å². The Morgan fingerprint density at radius 3 is 2.94 bits per heavy atom. The van der Waals surface area contributed by atoms with Crippen LogP contribution < -0.4 is 10.1 Å². The molecule has 2 aliphatic rings. The Morgan fingerprint density at radius 2 is 2.09 bits per heavy atom. The van der Waals surface area contributed by atoms with Crippen LogP contribution in [-0.2, 0) is 15.9 Å². The minimum Gasteiger partial charge on any atom is -0.492 e. The second-order valence-corrected chi connectivity index (χ2v) is 8.14. The van der Waals surface area contributed by atoms with Gasteiger partial charge in [0.15, 0.2) is 5.82 Å². The van der Waals surface area contributed by atoms with Crippen LogP contribution in [0.25, 0.3) is 0 Å². The zero-order chi connectivity index (χ0) is 22.2. The number of nitrogens with zero attached hydrogens (tertiary/aromatic N) is 3. The maximum Gasteiger partial charge on any atom is 0.322 e. The molecule has 1 atom stereocenters. The standard InChI is InChI=1S/C23H32N4O5/c1-2-31-20-8-4-3-6-18(20)24-23(28)27-12-5-7-19(27)22-25-21(26-32-22)11-15-30-16-17-9-13-29-14-10-17/h3-4,6,8,17,19H,2,5,7,9-16H2,1H3,(H,24,28). The first kappa shape index (κ1) is 22.5. The maximum atomic E-state index is 13.0. The summed E-state index contributed by atoms with van der Waals surface area (Å²) in [4.78, 5) is 19.3. The summed E-state index contributed by atoms with van der Waals surface area (Å²) in [6.45, 7) is 6.03. The van der Waals surface area contributed by atoms with Crippen molar-refractivity contribution in [3.8, 4) is 5.75 Å². The van der Waals surface area contributed by atoms with E-state index in [9.17, 15) is 4.79 Å². The molecule has 0 aliphatic carbocycles. The number of benzene rings is 1. The molecule has 0 bridgehead atoms. The van der Waals surface area contributed by atoms with Gasteiger partial charge in [-0.25, -0.2) is 4.79 Å². The molecule has 174 valence electrons. The first-order valence-electron chi connectivity index (χ1n) is 11.5. The Morgan fingerprint density at radius 1 is 1.25 bits per heavy atom. The Bertz CT molecular complexity index is 868. The SMILES string of the molecule is CCOc1ccccc1NC(=O)N1CCCC1c1nc(CCOCC2CCOCC2)no1. The number of hydrogen-bond donors (Lipinski definition) is 1. The van der Waals surface area contributed by atoms with Crippen molar-refractivity contribution in [2.24, 2.45) is 5.92 Å². The zero-order valence-electron chi connectivity index (χ0n) is 18.6. The number of para-hydroxylation sites is 2. The third kappa shape index (κ3) is 5.77. The minimum atomic E-state index is -0.223. The fraction of sp³-hybridized carbons (Fsp3) is 0.609. The van der Waals surface area contributed by atoms with Gasteiger partial charge in [-0.3, -0.25) is 0 Å². The molecule has 0 spiro atoms. The van der Waals surface area contributed by atoms with Gasteiger partial charge in [-0.05, 0) is 50.7 Å².